The predicted molar refractivity (Wildman–Crippen MR) is 81.7 cm³/mol. The molecule has 0 saturated heterocycles. The zero-order valence-electron chi connectivity index (χ0n) is 13.5. The largest absolute Gasteiger partial charge is 0.481 e. The van der Waals surface area contributed by atoms with Gasteiger partial charge in [-0.15, -0.1) is 0 Å². The second-order valence-electron chi connectivity index (χ2n) is 7.42. The van der Waals surface area contributed by atoms with Crippen molar-refractivity contribution in [3.8, 4) is 0 Å². The van der Waals surface area contributed by atoms with Gasteiger partial charge < -0.3 is 10.4 Å². The van der Waals surface area contributed by atoms with E-state index >= 15 is 0 Å². The number of hydrogen-bond acceptors (Lipinski definition) is 2. The van der Waals surface area contributed by atoms with Gasteiger partial charge in [-0.1, -0.05) is 33.6 Å². The number of carboxylic acids is 1. The summed E-state index contributed by atoms with van der Waals surface area (Å²) in [4.78, 5) is 23.8. The molecule has 1 amide bonds. The van der Waals surface area contributed by atoms with Gasteiger partial charge in [0.25, 0.3) is 0 Å². The number of hydrogen-bond donors (Lipinski definition) is 2. The van der Waals surface area contributed by atoms with E-state index in [9.17, 15) is 14.7 Å². The summed E-state index contributed by atoms with van der Waals surface area (Å²) < 4.78 is 0. The van der Waals surface area contributed by atoms with E-state index in [-0.39, 0.29) is 17.9 Å². The summed E-state index contributed by atoms with van der Waals surface area (Å²) in [6, 6.07) is 0.219. The fourth-order valence-electron chi connectivity index (χ4n) is 4.23. The van der Waals surface area contributed by atoms with Crippen LogP contribution in [-0.4, -0.2) is 23.0 Å². The zero-order valence-corrected chi connectivity index (χ0v) is 13.5. The Balaban J connectivity index is 2.01. The molecule has 5 atom stereocenters. The maximum Gasteiger partial charge on any atom is 0.307 e. The van der Waals surface area contributed by atoms with Crippen molar-refractivity contribution < 1.29 is 14.7 Å². The van der Waals surface area contributed by atoms with E-state index in [2.05, 4.69) is 26.1 Å². The van der Waals surface area contributed by atoms with Gasteiger partial charge in [0.15, 0.2) is 0 Å². The fourth-order valence-corrected chi connectivity index (χ4v) is 4.23. The molecule has 4 heteroatoms. The lowest BCUT2D eigenvalue weighted by Gasteiger charge is -2.38. The van der Waals surface area contributed by atoms with Crippen molar-refractivity contribution in [2.75, 3.05) is 0 Å². The highest BCUT2D eigenvalue weighted by molar-refractivity contribution is 5.85. The van der Waals surface area contributed by atoms with Gasteiger partial charge in [-0.25, -0.2) is 0 Å². The Morgan fingerprint density at radius 3 is 2.38 bits per heavy atom. The van der Waals surface area contributed by atoms with Crippen molar-refractivity contribution in [3.05, 3.63) is 0 Å². The third-order valence-corrected chi connectivity index (χ3v) is 5.52. The number of nitrogens with one attached hydrogen (secondary N) is 1. The molecule has 2 aliphatic rings. The first-order valence-electron chi connectivity index (χ1n) is 8.43. The topological polar surface area (TPSA) is 66.4 Å². The van der Waals surface area contributed by atoms with Crippen LogP contribution in [0.1, 0.15) is 59.3 Å². The summed E-state index contributed by atoms with van der Waals surface area (Å²) in [6.07, 6.45) is 5.63. The zero-order chi connectivity index (χ0) is 15.6. The monoisotopic (exact) mass is 295 g/mol. The molecule has 0 aromatic rings. The van der Waals surface area contributed by atoms with Crippen LogP contribution in [0.4, 0.5) is 0 Å². The SMILES string of the molecule is CC1CCC(C(C)C)C(NC(=O)[C@@H]2CCC[C@@H]2C(=O)O)C1. The molecule has 21 heavy (non-hydrogen) atoms. The Labute approximate surface area is 127 Å². The molecule has 0 heterocycles. The van der Waals surface area contributed by atoms with Crippen LogP contribution in [0.3, 0.4) is 0 Å². The van der Waals surface area contributed by atoms with Gasteiger partial charge in [-0.3, -0.25) is 9.59 Å². The summed E-state index contributed by atoms with van der Waals surface area (Å²) >= 11 is 0. The average molecular weight is 295 g/mol. The molecule has 2 rings (SSSR count). The van der Waals surface area contributed by atoms with Gasteiger partial charge in [0.05, 0.1) is 11.8 Å². The highest BCUT2D eigenvalue weighted by atomic mass is 16.4. The summed E-state index contributed by atoms with van der Waals surface area (Å²) in [5, 5.41) is 12.4. The number of aliphatic carboxylic acids is 1. The van der Waals surface area contributed by atoms with Crippen molar-refractivity contribution in [1.82, 2.24) is 5.32 Å². The molecule has 3 unspecified atom stereocenters. The summed E-state index contributed by atoms with van der Waals surface area (Å²) in [7, 11) is 0. The Kier molecular flexibility index (Phi) is 5.28. The molecule has 0 aromatic carbocycles. The summed E-state index contributed by atoms with van der Waals surface area (Å²) in [6.45, 7) is 6.68. The van der Waals surface area contributed by atoms with E-state index in [0.29, 0.717) is 24.2 Å². The first-order valence-corrected chi connectivity index (χ1v) is 8.43. The maximum atomic E-state index is 12.5. The van der Waals surface area contributed by atoms with Crippen LogP contribution in [0.15, 0.2) is 0 Å². The first kappa shape index (κ1) is 16.3. The number of carbonyl (C=O) groups is 2. The average Bonchev–Trinajstić information content (AvgIpc) is 2.87. The van der Waals surface area contributed by atoms with Crippen molar-refractivity contribution in [2.45, 2.75) is 65.3 Å². The molecule has 2 N–H and O–H groups in total. The molecule has 0 aromatic heterocycles. The van der Waals surface area contributed by atoms with E-state index in [1.54, 1.807) is 0 Å². The van der Waals surface area contributed by atoms with Gasteiger partial charge in [0.2, 0.25) is 5.91 Å². The number of amides is 1. The van der Waals surface area contributed by atoms with Crippen molar-refractivity contribution >= 4 is 11.9 Å². The lowest BCUT2D eigenvalue weighted by atomic mass is 9.74. The standard InChI is InChI=1S/C17H29NO3/c1-10(2)12-8-7-11(3)9-15(12)18-16(19)13-5-4-6-14(13)17(20)21/h10-15H,4-9H2,1-3H3,(H,18,19)(H,20,21)/t11?,12?,13-,14+,15?/m1/s1. The number of carbonyl (C=O) groups excluding carboxylic acids is 1. The quantitative estimate of drug-likeness (QED) is 0.837. The fraction of sp³-hybridized carbons (Fsp3) is 0.882. The lowest BCUT2D eigenvalue weighted by Crippen LogP contribution is -2.48. The van der Waals surface area contributed by atoms with Gasteiger partial charge in [-0.2, -0.15) is 0 Å². The predicted octanol–water partition coefficient (Wildman–Crippen LogP) is 3.06. The van der Waals surface area contributed by atoms with Crippen molar-refractivity contribution in [2.24, 2.45) is 29.6 Å². The summed E-state index contributed by atoms with van der Waals surface area (Å²) in [5.74, 6) is 0.0754. The van der Waals surface area contributed by atoms with Gasteiger partial charge in [-0.05, 0) is 43.4 Å². The molecule has 0 bridgehead atoms. The van der Waals surface area contributed by atoms with Crippen LogP contribution >= 0.6 is 0 Å². The molecular weight excluding hydrogens is 266 g/mol. The van der Waals surface area contributed by atoms with Crippen LogP contribution in [0, 0.1) is 29.6 Å². The van der Waals surface area contributed by atoms with E-state index in [4.69, 9.17) is 0 Å². The molecule has 0 aliphatic heterocycles. The highest BCUT2D eigenvalue weighted by Crippen LogP contribution is 2.36. The third kappa shape index (κ3) is 3.78. The van der Waals surface area contributed by atoms with Gasteiger partial charge in [0.1, 0.15) is 0 Å². The highest BCUT2D eigenvalue weighted by Gasteiger charge is 2.40. The molecule has 2 aliphatic carbocycles. The minimum Gasteiger partial charge on any atom is -0.481 e. The van der Waals surface area contributed by atoms with Crippen LogP contribution < -0.4 is 5.32 Å². The molecule has 2 fully saturated rings. The Hall–Kier alpha value is -1.06. The minimum absolute atomic E-state index is 0.0235. The van der Waals surface area contributed by atoms with Gasteiger partial charge >= 0.3 is 5.97 Å². The first-order chi connectivity index (χ1) is 9.90. The molecule has 2 saturated carbocycles. The smallest absolute Gasteiger partial charge is 0.307 e. The molecule has 0 spiro atoms. The van der Waals surface area contributed by atoms with Crippen molar-refractivity contribution in [3.63, 3.8) is 0 Å². The molecule has 4 nitrogen and oxygen atoms in total. The van der Waals surface area contributed by atoms with E-state index < -0.39 is 11.9 Å². The number of carboxylic acid groups (broad SMARTS) is 1. The molecule has 120 valence electrons. The maximum absolute atomic E-state index is 12.5. The minimum atomic E-state index is -0.815. The lowest BCUT2D eigenvalue weighted by molar-refractivity contribution is -0.146. The Bertz CT molecular complexity index is 393. The Morgan fingerprint density at radius 1 is 1.10 bits per heavy atom. The second-order valence-corrected chi connectivity index (χ2v) is 7.42. The van der Waals surface area contributed by atoms with Crippen LogP contribution in [-0.2, 0) is 9.59 Å². The van der Waals surface area contributed by atoms with E-state index in [1.165, 1.54) is 6.42 Å². The third-order valence-electron chi connectivity index (χ3n) is 5.52. The normalized spacial score (nSPS) is 36.7. The van der Waals surface area contributed by atoms with Crippen molar-refractivity contribution in [1.29, 1.82) is 0 Å². The van der Waals surface area contributed by atoms with E-state index in [0.717, 1.165) is 25.7 Å². The second kappa shape index (κ2) is 6.80. The van der Waals surface area contributed by atoms with E-state index in [1.807, 2.05) is 0 Å². The van der Waals surface area contributed by atoms with Crippen LogP contribution in [0.25, 0.3) is 0 Å². The number of rotatable bonds is 4. The molecule has 0 radical (unpaired) electrons. The molecular formula is C17H29NO3. The van der Waals surface area contributed by atoms with Gasteiger partial charge in [0, 0.05) is 6.04 Å². The summed E-state index contributed by atoms with van der Waals surface area (Å²) in [5.41, 5.74) is 0. The Morgan fingerprint density at radius 2 is 1.76 bits per heavy atom. The van der Waals surface area contributed by atoms with Crippen LogP contribution in [0.5, 0.6) is 0 Å². The van der Waals surface area contributed by atoms with Crippen LogP contribution in [0.2, 0.25) is 0 Å².